The van der Waals surface area contributed by atoms with Gasteiger partial charge in [0.1, 0.15) is 17.0 Å². The van der Waals surface area contributed by atoms with E-state index in [4.69, 9.17) is 5.73 Å². The van der Waals surface area contributed by atoms with Crippen molar-refractivity contribution in [2.75, 3.05) is 0 Å². The molecule has 2 N–H and O–H groups in total. The van der Waals surface area contributed by atoms with Crippen LogP contribution in [0.4, 0.5) is 13.2 Å². The number of hydrogen-bond donors (Lipinski definition) is 1. The molecule has 1 amide bonds. The molecule has 0 bridgehead atoms. The highest BCUT2D eigenvalue weighted by atomic mass is 19.4. The van der Waals surface area contributed by atoms with Crippen molar-refractivity contribution in [3.8, 4) is 22.5 Å². The fraction of sp³-hybridized carbons (Fsp3) is 0.0526. The molecule has 4 heterocycles. The topological polar surface area (TPSA) is 86.2 Å². The number of fused-ring (bicyclic) bond motifs is 1. The number of rotatable bonds is 3. The van der Waals surface area contributed by atoms with Crippen LogP contribution in [-0.4, -0.2) is 25.3 Å². The number of amides is 1. The van der Waals surface area contributed by atoms with E-state index in [1.807, 2.05) is 0 Å². The maximum Gasteiger partial charge on any atom is 0.433 e. The zero-order valence-corrected chi connectivity index (χ0v) is 14.2. The number of nitrogens with two attached hydrogens (primary N) is 1. The van der Waals surface area contributed by atoms with Crippen molar-refractivity contribution in [2.24, 2.45) is 5.73 Å². The Morgan fingerprint density at radius 3 is 2.61 bits per heavy atom. The first-order valence-corrected chi connectivity index (χ1v) is 8.11. The lowest BCUT2D eigenvalue weighted by Crippen LogP contribution is -2.13. The normalized spacial score (nSPS) is 11.7. The summed E-state index contributed by atoms with van der Waals surface area (Å²) < 4.78 is 40.6. The number of nitrogens with zero attached hydrogens (tertiary/aromatic N) is 4. The molecule has 0 saturated carbocycles. The Labute approximate surface area is 156 Å². The summed E-state index contributed by atoms with van der Waals surface area (Å²) in [6.45, 7) is 0. The molecule has 0 aliphatic carbocycles. The summed E-state index contributed by atoms with van der Waals surface area (Å²) in [7, 11) is 0. The summed E-state index contributed by atoms with van der Waals surface area (Å²) in [6, 6.07) is 10.5. The van der Waals surface area contributed by atoms with E-state index in [1.54, 1.807) is 30.5 Å². The van der Waals surface area contributed by atoms with Crippen LogP contribution in [0.1, 0.15) is 16.2 Å². The zero-order chi connectivity index (χ0) is 19.9. The SMILES string of the molecule is NC(=O)c1cnc2ccc(-c3cccnc3-c3cccc(C(F)(F)F)n3)cn12. The molecular formula is C19H12F3N5O. The number of imidazole rings is 1. The lowest BCUT2D eigenvalue weighted by atomic mass is 10.0. The molecule has 4 aromatic rings. The van der Waals surface area contributed by atoms with E-state index in [9.17, 15) is 18.0 Å². The molecule has 0 aliphatic rings. The fourth-order valence-electron chi connectivity index (χ4n) is 2.89. The minimum absolute atomic E-state index is 0.0891. The molecule has 0 saturated heterocycles. The van der Waals surface area contributed by atoms with Gasteiger partial charge in [-0.15, -0.1) is 0 Å². The molecule has 0 radical (unpaired) electrons. The van der Waals surface area contributed by atoms with Crippen molar-refractivity contribution in [1.29, 1.82) is 0 Å². The Balaban J connectivity index is 1.89. The number of alkyl halides is 3. The van der Waals surface area contributed by atoms with Gasteiger partial charge in [0.2, 0.25) is 0 Å². The maximum absolute atomic E-state index is 13.0. The summed E-state index contributed by atoms with van der Waals surface area (Å²) in [5.74, 6) is -0.643. The van der Waals surface area contributed by atoms with Gasteiger partial charge in [-0.3, -0.25) is 14.2 Å². The highest BCUT2D eigenvalue weighted by Crippen LogP contribution is 2.32. The Morgan fingerprint density at radius 1 is 1.04 bits per heavy atom. The van der Waals surface area contributed by atoms with E-state index in [0.717, 1.165) is 6.07 Å². The molecule has 0 aromatic carbocycles. The first-order chi connectivity index (χ1) is 13.3. The summed E-state index contributed by atoms with van der Waals surface area (Å²) in [5.41, 5.74) is 6.62. The third-order valence-electron chi connectivity index (χ3n) is 4.16. The van der Waals surface area contributed by atoms with Crippen LogP contribution in [0.3, 0.4) is 0 Å². The first-order valence-electron chi connectivity index (χ1n) is 8.11. The summed E-state index contributed by atoms with van der Waals surface area (Å²) >= 11 is 0. The first kappa shape index (κ1) is 17.7. The smallest absolute Gasteiger partial charge is 0.364 e. The van der Waals surface area contributed by atoms with E-state index >= 15 is 0 Å². The molecule has 6 nitrogen and oxygen atoms in total. The summed E-state index contributed by atoms with van der Waals surface area (Å²) in [5, 5.41) is 0. The molecule has 0 spiro atoms. The maximum atomic E-state index is 13.0. The van der Waals surface area contributed by atoms with Gasteiger partial charge in [0.25, 0.3) is 5.91 Å². The molecule has 0 fully saturated rings. The van der Waals surface area contributed by atoms with Crippen LogP contribution in [0.25, 0.3) is 28.2 Å². The third-order valence-corrected chi connectivity index (χ3v) is 4.16. The van der Waals surface area contributed by atoms with Crippen LogP contribution in [0.2, 0.25) is 0 Å². The van der Waals surface area contributed by atoms with E-state index in [-0.39, 0.29) is 17.1 Å². The Hall–Kier alpha value is -3.75. The van der Waals surface area contributed by atoms with Crippen molar-refractivity contribution in [3.63, 3.8) is 0 Å². The Morgan fingerprint density at radius 2 is 1.86 bits per heavy atom. The highest BCUT2D eigenvalue weighted by Gasteiger charge is 2.32. The molecule has 9 heteroatoms. The van der Waals surface area contributed by atoms with Crippen LogP contribution >= 0.6 is 0 Å². The highest BCUT2D eigenvalue weighted by molar-refractivity contribution is 5.92. The average molecular weight is 383 g/mol. The predicted octanol–water partition coefficient (Wildman–Crippen LogP) is 3.58. The molecule has 28 heavy (non-hydrogen) atoms. The molecule has 0 unspecified atom stereocenters. The molecule has 4 aromatic heterocycles. The largest absolute Gasteiger partial charge is 0.433 e. The monoisotopic (exact) mass is 383 g/mol. The van der Waals surface area contributed by atoms with Gasteiger partial charge in [-0.1, -0.05) is 12.1 Å². The Bertz CT molecular complexity index is 1200. The number of carbonyl (C=O) groups is 1. The van der Waals surface area contributed by atoms with Crippen molar-refractivity contribution >= 4 is 11.6 Å². The van der Waals surface area contributed by atoms with Crippen molar-refractivity contribution in [2.45, 2.75) is 6.18 Å². The van der Waals surface area contributed by atoms with E-state index in [1.165, 1.54) is 28.9 Å². The lowest BCUT2D eigenvalue weighted by Gasteiger charge is -2.11. The van der Waals surface area contributed by atoms with Gasteiger partial charge < -0.3 is 5.73 Å². The molecule has 4 rings (SSSR count). The van der Waals surface area contributed by atoms with Gasteiger partial charge in [-0.25, -0.2) is 9.97 Å². The third kappa shape index (κ3) is 3.07. The van der Waals surface area contributed by atoms with Crippen LogP contribution in [0.5, 0.6) is 0 Å². The number of aromatic nitrogens is 4. The number of pyridine rings is 3. The minimum Gasteiger partial charge on any atom is -0.364 e. The summed E-state index contributed by atoms with van der Waals surface area (Å²) in [6.07, 6.45) is -0.0844. The minimum atomic E-state index is -4.56. The fourth-order valence-corrected chi connectivity index (χ4v) is 2.89. The van der Waals surface area contributed by atoms with Crippen LogP contribution in [0.15, 0.2) is 61.1 Å². The lowest BCUT2D eigenvalue weighted by molar-refractivity contribution is -0.141. The quantitative estimate of drug-likeness (QED) is 0.586. The second-order valence-electron chi connectivity index (χ2n) is 5.96. The number of carbonyl (C=O) groups excluding carboxylic acids is 1. The van der Waals surface area contributed by atoms with E-state index < -0.39 is 17.8 Å². The number of primary amides is 1. The van der Waals surface area contributed by atoms with Crippen LogP contribution < -0.4 is 5.73 Å². The van der Waals surface area contributed by atoms with Gasteiger partial charge in [0.05, 0.1) is 17.6 Å². The van der Waals surface area contributed by atoms with Gasteiger partial charge in [0, 0.05) is 23.5 Å². The van der Waals surface area contributed by atoms with Gasteiger partial charge in [-0.2, -0.15) is 13.2 Å². The van der Waals surface area contributed by atoms with Crippen molar-refractivity contribution in [3.05, 3.63) is 72.4 Å². The number of hydrogen-bond acceptors (Lipinski definition) is 4. The number of halogens is 3. The predicted molar refractivity (Wildman–Crippen MR) is 95.2 cm³/mol. The Kier molecular flexibility index (Phi) is 4.07. The van der Waals surface area contributed by atoms with Gasteiger partial charge >= 0.3 is 6.18 Å². The molecule has 140 valence electrons. The second-order valence-corrected chi connectivity index (χ2v) is 5.96. The average Bonchev–Trinajstić information content (AvgIpc) is 3.11. The summed E-state index contributed by atoms with van der Waals surface area (Å²) in [4.78, 5) is 23.6. The van der Waals surface area contributed by atoms with E-state index in [2.05, 4.69) is 15.0 Å². The molecular weight excluding hydrogens is 371 g/mol. The van der Waals surface area contributed by atoms with Crippen LogP contribution in [0, 0.1) is 0 Å². The van der Waals surface area contributed by atoms with Crippen LogP contribution in [-0.2, 0) is 6.18 Å². The zero-order valence-electron chi connectivity index (χ0n) is 14.2. The standard InChI is InChI=1S/C19H12F3N5O/c20-19(21,22)15-5-1-4-13(26-15)17-12(3-2-8-24-17)11-6-7-16-25-9-14(18(23)28)27(16)10-11/h1-10H,(H2,23,28). The second kappa shape index (κ2) is 6.45. The molecule has 0 aliphatic heterocycles. The van der Waals surface area contributed by atoms with Gasteiger partial charge in [-0.05, 0) is 30.3 Å². The van der Waals surface area contributed by atoms with Crippen molar-refractivity contribution in [1.82, 2.24) is 19.4 Å². The van der Waals surface area contributed by atoms with Crippen molar-refractivity contribution < 1.29 is 18.0 Å². The molecule has 0 atom stereocenters. The van der Waals surface area contributed by atoms with Gasteiger partial charge in [0.15, 0.2) is 0 Å². The van der Waals surface area contributed by atoms with E-state index in [0.29, 0.717) is 16.8 Å².